The first-order valence-electron chi connectivity index (χ1n) is 4.51. The fourth-order valence-corrected chi connectivity index (χ4v) is 2.24. The molecule has 1 aromatic rings. The van der Waals surface area contributed by atoms with Gasteiger partial charge in [0, 0.05) is 10.9 Å². The average molecular weight is 269 g/mol. The van der Waals surface area contributed by atoms with Gasteiger partial charge >= 0.3 is 0 Å². The Bertz CT molecular complexity index is 357. The van der Waals surface area contributed by atoms with Gasteiger partial charge in [-0.3, -0.25) is 0 Å². The Morgan fingerprint density at radius 1 is 1.40 bits per heavy atom. The van der Waals surface area contributed by atoms with E-state index in [1.807, 2.05) is 6.07 Å². The lowest BCUT2D eigenvalue weighted by atomic mass is 9.97. The molecule has 0 bridgehead atoms. The van der Waals surface area contributed by atoms with Crippen LogP contribution >= 0.6 is 35.6 Å². The van der Waals surface area contributed by atoms with E-state index >= 15 is 0 Å². The highest BCUT2D eigenvalue weighted by atomic mass is 35.5. The summed E-state index contributed by atoms with van der Waals surface area (Å²) in [6, 6.07) is 3.59. The van der Waals surface area contributed by atoms with Crippen LogP contribution in [0.2, 0.25) is 10.0 Å². The normalized spacial score (nSPS) is 18.7. The minimum absolute atomic E-state index is 0. The van der Waals surface area contributed by atoms with E-state index in [9.17, 15) is 0 Å². The van der Waals surface area contributed by atoms with Crippen LogP contribution in [0.4, 0.5) is 0 Å². The van der Waals surface area contributed by atoms with Crippen molar-refractivity contribution in [1.29, 1.82) is 0 Å². The van der Waals surface area contributed by atoms with Gasteiger partial charge in [-0.2, -0.15) is 0 Å². The Morgan fingerprint density at radius 3 is 2.80 bits per heavy atom. The van der Waals surface area contributed by atoms with E-state index in [1.54, 1.807) is 6.07 Å². The number of hydrogen-bond acceptors (Lipinski definition) is 2. The zero-order chi connectivity index (χ0) is 10.1. The molecule has 0 spiro atoms. The molecule has 0 aromatic heterocycles. The van der Waals surface area contributed by atoms with Gasteiger partial charge in [0.05, 0.1) is 11.6 Å². The third kappa shape index (κ3) is 2.70. The molecule has 84 valence electrons. The van der Waals surface area contributed by atoms with Gasteiger partial charge in [-0.25, -0.2) is 0 Å². The Kier molecular flexibility index (Phi) is 4.53. The minimum atomic E-state index is 0. The van der Waals surface area contributed by atoms with Crippen LogP contribution < -0.4 is 10.5 Å². The highest BCUT2D eigenvalue weighted by Gasteiger charge is 2.21. The summed E-state index contributed by atoms with van der Waals surface area (Å²) in [5, 5.41) is 1.23. The summed E-state index contributed by atoms with van der Waals surface area (Å²) in [7, 11) is 0. The zero-order valence-electron chi connectivity index (χ0n) is 8.00. The fourth-order valence-electron chi connectivity index (χ4n) is 1.65. The van der Waals surface area contributed by atoms with Crippen molar-refractivity contribution in [2.45, 2.75) is 6.42 Å². The highest BCUT2D eigenvalue weighted by Crippen LogP contribution is 2.36. The summed E-state index contributed by atoms with van der Waals surface area (Å²) in [6.07, 6.45) is 0.895. The van der Waals surface area contributed by atoms with E-state index in [0.29, 0.717) is 29.1 Å². The molecule has 1 aromatic carbocycles. The average Bonchev–Trinajstić information content (AvgIpc) is 2.16. The van der Waals surface area contributed by atoms with Gasteiger partial charge in [-0.05, 0) is 30.7 Å². The predicted molar refractivity (Wildman–Crippen MR) is 65.5 cm³/mol. The van der Waals surface area contributed by atoms with Crippen molar-refractivity contribution in [2.75, 3.05) is 13.2 Å². The van der Waals surface area contributed by atoms with Gasteiger partial charge in [0.1, 0.15) is 5.75 Å². The number of rotatable bonds is 1. The number of nitrogens with two attached hydrogens (primary N) is 1. The molecule has 1 atom stereocenters. The number of fused-ring (bicyclic) bond motifs is 1. The SMILES string of the molecule is Cl.NCC1COc2c(Cl)cc(Cl)cc2C1. The van der Waals surface area contributed by atoms with Gasteiger partial charge in [0.25, 0.3) is 0 Å². The molecule has 15 heavy (non-hydrogen) atoms. The molecule has 2 N–H and O–H groups in total. The molecule has 2 rings (SSSR count). The van der Waals surface area contributed by atoms with E-state index in [-0.39, 0.29) is 12.4 Å². The van der Waals surface area contributed by atoms with Crippen LogP contribution in [0, 0.1) is 5.92 Å². The Balaban J connectivity index is 0.00000112. The molecule has 0 fully saturated rings. The van der Waals surface area contributed by atoms with E-state index in [4.69, 9.17) is 33.7 Å². The third-order valence-electron chi connectivity index (χ3n) is 2.39. The van der Waals surface area contributed by atoms with Crippen molar-refractivity contribution in [3.63, 3.8) is 0 Å². The van der Waals surface area contributed by atoms with Crippen molar-refractivity contribution in [2.24, 2.45) is 11.7 Å². The molecule has 1 unspecified atom stereocenters. The first-order valence-corrected chi connectivity index (χ1v) is 5.27. The lowest BCUT2D eigenvalue weighted by molar-refractivity contribution is 0.226. The lowest BCUT2D eigenvalue weighted by Gasteiger charge is -2.25. The Morgan fingerprint density at radius 2 is 2.13 bits per heavy atom. The Hall–Kier alpha value is -0.150. The van der Waals surface area contributed by atoms with Crippen LogP contribution in [0.5, 0.6) is 5.75 Å². The van der Waals surface area contributed by atoms with Crippen LogP contribution in [-0.4, -0.2) is 13.2 Å². The third-order valence-corrected chi connectivity index (χ3v) is 2.89. The van der Waals surface area contributed by atoms with Crippen LogP contribution in [-0.2, 0) is 6.42 Å². The molecular formula is C10H12Cl3NO. The monoisotopic (exact) mass is 267 g/mol. The van der Waals surface area contributed by atoms with E-state index in [1.165, 1.54) is 0 Å². The fraction of sp³-hybridized carbons (Fsp3) is 0.400. The molecule has 5 heteroatoms. The smallest absolute Gasteiger partial charge is 0.141 e. The zero-order valence-corrected chi connectivity index (χ0v) is 10.3. The lowest BCUT2D eigenvalue weighted by Crippen LogP contribution is -2.27. The first-order chi connectivity index (χ1) is 6.70. The van der Waals surface area contributed by atoms with Gasteiger partial charge < -0.3 is 10.5 Å². The van der Waals surface area contributed by atoms with Crippen LogP contribution in [0.15, 0.2) is 12.1 Å². The summed E-state index contributed by atoms with van der Waals surface area (Å²) in [5.41, 5.74) is 6.65. The van der Waals surface area contributed by atoms with Crippen molar-refractivity contribution in [1.82, 2.24) is 0 Å². The van der Waals surface area contributed by atoms with Crippen molar-refractivity contribution in [3.8, 4) is 5.75 Å². The molecule has 0 saturated carbocycles. The summed E-state index contributed by atoms with van der Waals surface area (Å²) in [4.78, 5) is 0. The number of halogens is 3. The maximum absolute atomic E-state index is 6.00. The second-order valence-corrected chi connectivity index (χ2v) is 4.34. The van der Waals surface area contributed by atoms with Gasteiger partial charge in [0.15, 0.2) is 0 Å². The topological polar surface area (TPSA) is 35.2 Å². The maximum Gasteiger partial charge on any atom is 0.141 e. The maximum atomic E-state index is 6.00. The number of hydrogen-bond donors (Lipinski definition) is 1. The predicted octanol–water partition coefficient (Wildman–Crippen LogP) is 2.93. The molecule has 1 aliphatic rings. The molecular weight excluding hydrogens is 256 g/mol. The molecule has 2 nitrogen and oxygen atoms in total. The van der Waals surface area contributed by atoms with Gasteiger partial charge in [-0.1, -0.05) is 23.2 Å². The summed E-state index contributed by atoms with van der Waals surface area (Å²) in [5.74, 6) is 1.14. The minimum Gasteiger partial charge on any atom is -0.491 e. The largest absolute Gasteiger partial charge is 0.491 e. The number of benzene rings is 1. The van der Waals surface area contributed by atoms with Crippen LogP contribution in [0.25, 0.3) is 0 Å². The molecule has 1 aliphatic heterocycles. The van der Waals surface area contributed by atoms with Crippen LogP contribution in [0.1, 0.15) is 5.56 Å². The van der Waals surface area contributed by atoms with Gasteiger partial charge in [-0.15, -0.1) is 12.4 Å². The summed E-state index contributed by atoms with van der Waals surface area (Å²) >= 11 is 11.9. The van der Waals surface area contributed by atoms with Crippen molar-refractivity contribution in [3.05, 3.63) is 27.7 Å². The van der Waals surface area contributed by atoms with Crippen LogP contribution in [0.3, 0.4) is 0 Å². The molecule has 0 aliphatic carbocycles. The molecule has 0 saturated heterocycles. The summed E-state index contributed by atoms with van der Waals surface area (Å²) < 4.78 is 5.54. The van der Waals surface area contributed by atoms with E-state index in [0.717, 1.165) is 17.7 Å². The van der Waals surface area contributed by atoms with Crippen molar-refractivity contribution < 1.29 is 4.74 Å². The first kappa shape index (κ1) is 12.9. The van der Waals surface area contributed by atoms with Gasteiger partial charge in [0.2, 0.25) is 0 Å². The quantitative estimate of drug-likeness (QED) is 0.850. The standard InChI is InChI=1S/C10H11Cl2NO.ClH/c11-8-2-7-1-6(4-13)5-14-10(7)9(12)3-8;/h2-3,6H,1,4-5,13H2;1H. The van der Waals surface area contributed by atoms with E-state index in [2.05, 4.69) is 0 Å². The molecule has 1 heterocycles. The second-order valence-electron chi connectivity index (χ2n) is 3.49. The van der Waals surface area contributed by atoms with Crippen molar-refractivity contribution >= 4 is 35.6 Å². The van der Waals surface area contributed by atoms with E-state index < -0.39 is 0 Å². The Labute approximate surface area is 105 Å². The molecule has 0 amide bonds. The highest BCUT2D eigenvalue weighted by molar-refractivity contribution is 6.35. The summed E-state index contributed by atoms with van der Waals surface area (Å²) in [6.45, 7) is 1.27. The molecule has 0 radical (unpaired) electrons. The second kappa shape index (κ2) is 5.26. The number of ether oxygens (including phenoxy) is 1.